The molecule has 1 fully saturated rings. The van der Waals surface area contributed by atoms with Crippen LogP contribution in [0.5, 0.6) is 0 Å². The summed E-state index contributed by atoms with van der Waals surface area (Å²) in [6.45, 7) is 2.03. The topological polar surface area (TPSA) is 88.3 Å². The fraction of sp³-hybridized carbons (Fsp3) is 0.300. The first-order chi connectivity index (χ1) is 13.6. The van der Waals surface area contributed by atoms with Crippen LogP contribution in [0.4, 0.5) is 5.13 Å². The summed E-state index contributed by atoms with van der Waals surface area (Å²) in [7, 11) is 0. The molecule has 0 aliphatic carbocycles. The normalized spacial score (nSPS) is 19.0. The number of nitrogens with zero attached hydrogens (tertiary/aromatic N) is 3. The average Bonchev–Trinajstić information content (AvgIpc) is 3.44. The van der Waals surface area contributed by atoms with Crippen molar-refractivity contribution in [2.24, 2.45) is 0 Å². The molecule has 1 aromatic carbocycles. The summed E-state index contributed by atoms with van der Waals surface area (Å²) >= 11 is 1.34. The SMILES string of the molecule is CC(=O)N1CCCC1(Cc1cc(-c2ccccc2)no1)C(=O)Nc1nccs1. The van der Waals surface area contributed by atoms with Crippen LogP contribution < -0.4 is 5.32 Å². The largest absolute Gasteiger partial charge is 0.361 e. The van der Waals surface area contributed by atoms with Crippen molar-refractivity contribution in [3.05, 3.63) is 53.7 Å². The van der Waals surface area contributed by atoms with Gasteiger partial charge in [0.15, 0.2) is 5.13 Å². The fourth-order valence-corrected chi connectivity index (χ4v) is 4.29. The third kappa shape index (κ3) is 3.43. The van der Waals surface area contributed by atoms with Crippen molar-refractivity contribution in [2.75, 3.05) is 11.9 Å². The molecule has 3 aromatic rings. The van der Waals surface area contributed by atoms with Gasteiger partial charge < -0.3 is 9.42 Å². The van der Waals surface area contributed by atoms with E-state index in [1.165, 1.54) is 18.3 Å². The molecule has 2 aromatic heterocycles. The number of hydrogen-bond acceptors (Lipinski definition) is 6. The molecule has 0 spiro atoms. The number of carbonyl (C=O) groups is 2. The van der Waals surface area contributed by atoms with Crippen LogP contribution in [0.3, 0.4) is 0 Å². The third-order valence-corrected chi connectivity index (χ3v) is 5.73. The number of aromatic nitrogens is 2. The van der Waals surface area contributed by atoms with Crippen molar-refractivity contribution in [3.8, 4) is 11.3 Å². The van der Waals surface area contributed by atoms with Gasteiger partial charge in [-0.15, -0.1) is 11.3 Å². The van der Waals surface area contributed by atoms with Gasteiger partial charge >= 0.3 is 0 Å². The second-order valence-electron chi connectivity index (χ2n) is 6.82. The molecule has 1 atom stereocenters. The van der Waals surface area contributed by atoms with Gasteiger partial charge in [0.2, 0.25) is 5.91 Å². The first-order valence-electron chi connectivity index (χ1n) is 9.09. The Labute approximate surface area is 166 Å². The summed E-state index contributed by atoms with van der Waals surface area (Å²) in [4.78, 5) is 31.3. The predicted molar refractivity (Wildman–Crippen MR) is 106 cm³/mol. The molecule has 0 radical (unpaired) electrons. The van der Waals surface area contributed by atoms with E-state index in [0.717, 1.165) is 12.0 Å². The smallest absolute Gasteiger partial charge is 0.252 e. The van der Waals surface area contributed by atoms with E-state index in [9.17, 15) is 9.59 Å². The van der Waals surface area contributed by atoms with Crippen LogP contribution >= 0.6 is 11.3 Å². The van der Waals surface area contributed by atoms with Gasteiger partial charge in [-0.3, -0.25) is 14.9 Å². The lowest BCUT2D eigenvalue weighted by atomic mass is 9.89. The van der Waals surface area contributed by atoms with Crippen molar-refractivity contribution in [3.63, 3.8) is 0 Å². The fourth-order valence-electron chi connectivity index (χ4n) is 3.77. The van der Waals surface area contributed by atoms with Crippen LogP contribution in [0.2, 0.25) is 0 Å². The molecule has 28 heavy (non-hydrogen) atoms. The summed E-state index contributed by atoms with van der Waals surface area (Å²) in [5.74, 6) is 0.198. The number of carbonyl (C=O) groups excluding carboxylic acids is 2. The zero-order valence-corrected chi connectivity index (χ0v) is 16.2. The Morgan fingerprint density at radius 2 is 2.14 bits per heavy atom. The van der Waals surface area contributed by atoms with Crippen molar-refractivity contribution >= 4 is 28.3 Å². The minimum atomic E-state index is -1.01. The van der Waals surface area contributed by atoms with Crippen LogP contribution in [0.1, 0.15) is 25.5 Å². The molecule has 1 unspecified atom stereocenters. The van der Waals surface area contributed by atoms with Crippen molar-refractivity contribution in [2.45, 2.75) is 31.7 Å². The van der Waals surface area contributed by atoms with E-state index in [-0.39, 0.29) is 18.2 Å². The molecule has 1 saturated heterocycles. The summed E-state index contributed by atoms with van der Waals surface area (Å²) < 4.78 is 5.54. The van der Waals surface area contributed by atoms with Crippen LogP contribution in [-0.2, 0) is 16.0 Å². The van der Waals surface area contributed by atoms with E-state index in [0.29, 0.717) is 29.6 Å². The molecule has 2 amide bonds. The molecule has 0 saturated carbocycles. The molecule has 7 nitrogen and oxygen atoms in total. The van der Waals surface area contributed by atoms with E-state index in [1.807, 2.05) is 36.4 Å². The summed E-state index contributed by atoms with van der Waals surface area (Å²) in [5.41, 5.74) is 0.637. The third-order valence-electron chi connectivity index (χ3n) is 5.04. The van der Waals surface area contributed by atoms with E-state index in [2.05, 4.69) is 15.5 Å². The zero-order chi connectivity index (χ0) is 19.6. The maximum absolute atomic E-state index is 13.2. The van der Waals surface area contributed by atoms with E-state index in [1.54, 1.807) is 16.5 Å². The second-order valence-corrected chi connectivity index (χ2v) is 7.71. The van der Waals surface area contributed by atoms with E-state index < -0.39 is 5.54 Å². The molecule has 4 rings (SSSR count). The van der Waals surface area contributed by atoms with Gasteiger partial charge in [-0.2, -0.15) is 0 Å². The van der Waals surface area contributed by atoms with Crippen LogP contribution in [0, 0.1) is 0 Å². The number of hydrogen-bond donors (Lipinski definition) is 1. The first kappa shape index (κ1) is 18.4. The molecule has 0 bridgehead atoms. The Hall–Kier alpha value is -3.00. The summed E-state index contributed by atoms with van der Waals surface area (Å²) in [5, 5.41) is 9.31. The lowest BCUT2D eigenvalue weighted by Gasteiger charge is -2.35. The Morgan fingerprint density at radius 3 is 2.86 bits per heavy atom. The minimum absolute atomic E-state index is 0.130. The van der Waals surface area contributed by atoms with E-state index >= 15 is 0 Å². The van der Waals surface area contributed by atoms with Gasteiger partial charge in [0.1, 0.15) is 17.0 Å². The highest BCUT2D eigenvalue weighted by atomic mass is 32.1. The molecular formula is C20H20N4O3S. The Bertz CT molecular complexity index is 971. The molecule has 3 heterocycles. The lowest BCUT2D eigenvalue weighted by molar-refractivity contribution is -0.141. The molecule has 1 N–H and O–H groups in total. The maximum atomic E-state index is 13.2. The van der Waals surface area contributed by atoms with Crippen molar-refractivity contribution in [1.29, 1.82) is 0 Å². The monoisotopic (exact) mass is 396 g/mol. The molecule has 144 valence electrons. The summed E-state index contributed by atoms with van der Waals surface area (Å²) in [6.07, 6.45) is 3.21. The van der Waals surface area contributed by atoms with Gasteiger partial charge in [0.05, 0.1) is 0 Å². The maximum Gasteiger partial charge on any atom is 0.252 e. The number of thiazole rings is 1. The van der Waals surface area contributed by atoms with Gasteiger partial charge in [0.25, 0.3) is 5.91 Å². The molecule has 8 heteroatoms. The minimum Gasteiger partial charge on any atom is -0.361 e. The predicted octanol–water partition coefficient (Wildman–Crippen LogP) is 3.36. The van der Waals surface area contributed by atoms with Crippen LogP contribution in [0.25, 0.3) is 11.3 Å². The Kier molecular flexibility index (Phi) is 4.95. The van der Waals surface area contributed by atoms with Crippen molar-refractivity contribution < 1.29 is 14.1 Å². The highest BCUT2D eigenvalue weighted by Crippen LogP contribution is 2.35. The van der Waals surface area contributed by atoms with Crippen LogP contribution in [0.15, 0.2) is 52.5 Å². The highest BCUT2D eigenvalue weighted by molar-refractivity contribution is 7.13. The number of likely N-dealkylation sites (tertiary alicyclic amines) is 1. The van der Waals surface area contributed by atoms with Gasteiger partial charge in [-0.1, -0.05) is 35.5 Å². The second kappa shape index (κ2) is 7.55. The van der Waals surface area contributed by atoms with Crippen molar-refractivity contribution in [1.82, 2.24) is 15.0 Å². The highest BCUT2D eigenvalue weighted by Gasteiger charge is 2.49. The standard InChI is InChI=1S/C20H20N4O3S/c1-14(25)24-10-5-8-20(24,18(26)22-19-21-9-11-28-19)13-16-12-17(23-27-16)15-6-3-2-4-7-15/h2-4,6-7,9,11-12H,5,8,10,13H2,1H3,(H,21,22,26). The number of amides is 2. The number of rotatable bonds is 5. The number of benzene rings is 1. The van der Waals surface area contributed by atoms with Crippen LogP contribution in [-0.4, -0.2) is 38.9 Å². The van der Waals surface area contributed by atoms with Gasteiger partial charge in [-0.05, 0) is 12.8 Å². The first-order valence-corrected chi connectivity index (χ1v) is 9.97. The lowest BCUT2D eigenvalue weighted by Crippen LogP contribution is -2.56. The van der Waals surface area contributed by atoms with Gasteiger partial charge in [-0.25, -0.2) is 4.98 Å². The van der Waals surface area contributed by atoms with E-state index in [4.69, 9.17) is 4.52 Å². The average molecular weight is 396 g/mol. The molecular weight excluding hydrogens is 376 g/mol. The quantitative estimate of drug-likeness (QED) is 0.714. The number of nitrogens with one attached hydrogen (secondary N) is 1. The molecule has 1 aliphatic rings. The summed E-state index contributed by atoms with van der Waals surface area (Å²) in [6, 6.07) is 11.5. The van der Waals surface area contributed by atoms with Gasteiger partial charge in [0, 0.05) is 43.1 Å². The zero-order valence-electron chi connectivity index (χ0n) is 15.4. The Balaban J connectivity index is 1.64. The number of anilines is 1. The molecule has 1 aliphatic heterocycles. The Morgan fingerprint density at radius 1 is 1.32 bits per heavy atom.